The predicted molar refractivity (Wildman–Crippen MR) is 88.1 cm³/mol. The molecule has 7 nitrogen and oxygen atoms in total. The third-order valence-corrected chi connectivity index (χ3v) is 4.28. The molecule has 0 atom stereocenters. The van der Waals surface area contributed by atoms with Crippen LogP contribution in [0.4, 0.5) is 0 Å². The Morgan fingerprint density at radius 3 is 2.62 bits per heavy atom. The van der Waals surface area contributed by atoms with Gasteiger partial charge in [0.25, 0.3) is 0 Å². The number of hydrogen-bond acceptors (Lipinski definition) is 6. The fourth-order valence-corrected chi connectivity index (χ4v) is 2.85. The number of amides is 1. The third-order valence-electron chi connectivity index (χ3n) is 4.28. The number of furan rings is 1. The first-order chi connectivity index (χ1) is 11.6. The molecule has 1 fully saturated rings. The molecule has 0 spiro atoms. The Morgan fingerprint density at radius 1 is 1.25 bits per heavy atom. The summed E-state index contributed by atoms with van der Waals surface area (Å²) in [5, 5.41) is 3.92. The van der Waals surface area contributed by atoms with Crippen LogP contribution in [0, 0.1) is 6.92 Å². The molecule has 1 aliphatic heterocycles. The van der Waals surface area contributed by atoms with E-state index in [1.165, 1.54) is 0 Å². The van der Waals surface area contributed by atoms with Gasteiger partial charge in [0.2, 0.25) is 5.91 Å². The van der Waals surface area contributed by atoms with Crippen molar-refractivity contribution in [3.05, 3.63) is 41.7 Å². The van der Waals surface area contributed by atoms with Crippen molar-refractivity contribution in [1.82, 2.24) is 19.9 Å². The minimum absolute atomic E-state index is 0.116. The van der Waals surface area contributed by atoms with Crippen LogP contribution in [0.1, 0.15) is 17.2 Å². The first-order valence-corrected chi connectivity index (χ1v) is 8.23. The van der Waals surface area contributed by atoms with Crippen LogP contribution in [0.3, 0.4) is 0 Å². The van der Waals surface area contributed by atoms with Crippen LogP contribution >= 0.6 is 0 Å². The lowest BCUT2D eigenvalue weighted by Gasteiger charge is -2.34. The van der Waals surface area contributed by atoms with E-state index in [9.17, 15) is 4.79 Å². The van der Waals surface area contributed by atoms with E-state index in [1.807, 2.05) is 32.2 Å². The summed E-state index contributed by atoms with van der Waals surface area (Å²) in [4.78, 5) is 18.6. The summed E-state index contributed by atoms with van der Waals surface area (Å²) >= 11 is 0. The van der Waals surface area contributed by atoms with E-state index in [1.54, 1.807) is 11.2 Å². The first kappa shape index (κ1) is 16.7. The van der Waals surface area contributed by atoms with Crippen LogP contribution in [0.15, 0.2) is 33.4 Å². The third kappa shape index (κ3) is 4.46. The number of carbonyl (C=O) groups is 1. The molecule has 2 aromatic heterocycles. The Morgan fingerprint density at radius 2 is 2.00 bits per heavy atom. The second kappa shape index (κ2) is 7.63. The van der Waals surface area contributed by atoms with Crippen molar-refractivity contribution >= 4 is 5.91 Å². The SMILES string of the molecule is Cc1cc(CN2CCN(CC(=O)N(C)Cc3ccco3)CC2)on1. The van der Waals surface area contributed by atoms with E-state index < -0.39 is 0 Å². The summed E-state index contributed by atoms with van der Waals surface area (Å²) in [6, 6.07) is 5.69. The Bertz CT molecular complexity index is 645. The van der Waals surface area contributed by atoms with E-state index >= 15 is 0 Å². The number of aryl methyl sites for hydroxylation is 1. The van der Waals surface area contributed by atoms with Gasteiger partial charge in [-0.15, -0.1) is 0 Å². The second-order valence-electron chi connectivity index (χ2n) is 6.32. The minimum atomic E-state index is 0.116. The van der Waals surface area contributed by atoms with Gasteiger partial charge in [0.1, 0.15) is 5.76 Å². The normalized spacial score (nSPS) is 16.4. The van der Waals surface area contributed by atoms with Gasteiger partial charge >= 0.3 is 0 Å². The summed E-state index contributed by atoms with van der Waals surface area (Å²) in [6.45, 7) is 7.28. The number of likely N-dealkylation sites (N-methyl/N-ethyl adjacent to an activating group) is 1. The van der Waals surface area contributed by atoms with Gasteiger partial charge in [0.15, 0.2) is 5.76 Å². The van der Waals surface area contributed by atoms with Crippen molar-refractivity contribution in [2.24, 2.45) is 0 Å². The average molecular weight is 332 g/mol. The van der Waals surface area contributed by atoms with Gasteiger partial charge in [-0.1, -0.05) is 5.16 Å². The van der Waals surface area contributed by atoms with Gasteiger partial charge in [0, 0.05) is 39.3 Å². The molecule has 24 heavy (non-hydrogen) atoms. The molecule has 0 unspecified atom stereocenters. The molecule has 7 heteroatoms. The highest BCUT2D eigenvalue weighted by Crippen LogP contribution is 2.10. The highest BCUT2D eigenvalue weighted by Gasteiger charge is 2.21. The molecule has 3 rings (SSSR count). The highest BCUT2D eigenvalue weighted by molar-refractivity contribution is 5.77. The molecular formula is C17H24N4O3. The molecule has 0 radical (unpaired) electrons. The summed E-state index contributed by atoms with van der Waals surface area (Å²) in [5.74, 6) is 1.82. The largest absolute Gasteiger partial charge is 0.467 e. The number of aromatic nitrogens is 1. The molecule has 0 bridgehead atoms. The maximum atomic E-state index is 12.3. The lowest BCUT2D eigenvalue weighted by atomic mass is 10.2. The van der Waals surface area contributed by atoms with Crippen molar-refractivity contribution in [2.75, 3.05) is 39.8 Å². The van der Waals surface area contributed by atoms with E-state index in [0.717, 1.165) is 49.9 Å². The lowest BCUT2D eigenvalue weighted by Crippen LogP contribution is -2.49. The van der Waals surface area contributed by atoms with Crippen molar-refractivity contribution in [3.63, 3.8) is 0 Å². The molecule has 1 amide bonds. The molecule has 2 aromatic rings. The Kier molecular flexibility index (Phi) is 5.32. The number of piperazine rings is 1. The van der Waals surface area contributed by atoms with Gasteiger partial charge in [-0.25, -0.2) is 0 Å². The second-order valence-corrected chi connectivity index (χ2v) is 6.32. The number of nitrogens with zero attached hydrogens (tertiary/aromatic N) is 4. The van der Waals surface area contributed by atoms with Gasteiger partial charge in [-0.3, -0.25) is 14.6 Å². The Labute approximate surface area is 141 Å². The molecule has 3 heterocycles. The van der Waals surface area contributed by atoms with Gasteiger partial charge in [-0.2, -0.15) is 0 Å². The Hall–Kier alpha value is -2.12. The summed E-state index contributed by atoms with van der Waals surface area (Å²) in [7, 11) is 1.81. The standard InChI is InChI=1S/C17H24N4O3/c1-14-10-16(24-18-14)12-20-5-7-21(8-6-20)13-17(22)19(2)11-15-4-3-9-23-15/h3-4,9-10H,5-8,11-13H2,1-2H3. The fraction of sp³-hybridized carbons (Fsp3) is 0.529. The quantitative estimate of drug-likeness (QED) is 0.796. The maximum Gasteiger partial charge on any atom is 0.236 e. The molecule has 0 aromatic carbocycles. The summed E-state index contributed by atoms with van der Waals surface area (Å²) < 4.78 is 10.6. The van der Waals surface area contributed by atoms with Crippen LogP contribution in [0.5, 0.6) is 0 Å². The highest BCUT2D eigenvalue weighted by atomic mass is 16.5. The zero-order valence-corrected chi connectivity index (χ0v) is 14.3. The van der Waals surface area contributed by atoms with Crippen molar-refractivity contribution in [3.8, 4) is 0 Å². The van der Waals surface area contributed by atoms with Crippen LogP contribution in [-0.2, 0) is 17.9 Å². The number of rotatable bonds is 6. The van der Waals surface area contributed by atoms with Crippen molar-refractivity contribution < 1.29 is 13.7 Å². The summed E-state index contributed by atoms with van der Waals surface area (Å²) in [6.07, 6.45) is 1.63. The first-order valence-electron chi connectivity index (χ1n) is 8.23. The lowest BCUT2D eigenvalue weighted by molar-refractivity contribution is -0.132. The molecule has 0 N–H and O–H groups in total. The van der Waals surface area contributed by atoms with E-state index in [-0.39, 0.29) is 5.91 Å². The van der Waals surface area contributed by atoms with Crippen molar-refractivity contribution in [2.45, 2.75) is 20.0 Å². The van der Waals surface area contributed by atoms with E-state index in [2.05, 4.69) is 15.0 Å². The average Bonchev–Trinajstić information content (AvgIpc) is 3.21. The van der Waals surface area contributed by atoms with Gasteiger partial charge in [0.05, 0.1) is 31.6 Å². The molecule has 1 aliphatic rings. The number of hydrogen-bond donors (Lipinski definition) is 0. The van der Waals surface area contributed by atoms with Crippen LogP contribution in [0.2, 0.25) is 0 Å². The fourth-order valence-electron chi connectivity index (χ4n) is 2.85. The van der Waals surface area contributed by atoms with Gasteiger partial charge < -0.3 is 13.8 Å². The molecule has 0 aliphatic carbocycles. The maximum absolute atomic E-state index is 12.3. The molecule has 130 valence electrons. The minimum Gasteiger partial charge on any atom is -0.467 e. The van der Waals surface area contributed by atoms with E-state index in [4.69, 9.17) is 8.94 Å². The zero-order chi connectivity index (χ0) is 16.9. The monoisotopic (exact) mass is 332 g/mol. The molecular weight excluding hydrogens is 308 g/mol. The van der Waals surface area contributed by atoms with Crippen LogP contribution in [-0.4, -0.2) is 65.5 Å². The molecule has 0 saturated carbocycles. The summed E-state index contributed by atoms with van der Waals surface area (Å²) in [5.41, 5.74) is 0.911. The van der Waals surface area contributed by atoms with E-state index in [0.29, 0.717) is 13.1 Å². The predicted octanol–water partition coefficient (Wildman–Crippen LogP) is 1.35. The Balaban J connectivity index is 1.40. The topological polar surface area (TPSA) is 66.0 Å². The van der Waals surface area contributed by atoms with Crippen LogP contribution < -0.4 is 0 Å². The van der Waals surface area contributed by atoms with Crippen LogP contribution in [0.25, 0.3) is 0 Å². The zero-order valence-electron chi connectivity index (χ0n) is 14.3. The van der Waals surface area contributed by atoms with Gasteiger partial charge in [-0.05, 0) is 19.1 Å². The smallest absolute Gasteiger partial charge is 0.236 e. The van der Waals surface area contributed by atoms with Crippen molar-refractivity contribution in [1.29, 1.82) is 0 Å². The molecule has 1 saturated heterocycles. The number of carbonyl (C=O) groups excluding carboxylic acids is 1.